The molecule has 17 heavy (non-hydrogen) atoms. The standard InChI is InChI=1S/C12H24O4S/c1-4-5-6-7-10(13)11-8-9-16-12(2,3)17(11,14)15/h10-11,13H,4-9H2,1-3H3. The lowest BCUT2D eigenvalue weighted by Gasteiger charge is -2.37. The van der Waals surface area contributed by atoms with E-state index in [1.165, 1.54) is 0 Å². The second-order valence-electron chi connectivity index (χ2n) is 5.18. The first kappa shape index (κ1) is 14.9. The van der Waals surface area contributed by atoms with Crippen molar-refractivity contribution in [3.63, 3.8) is 0 Å². The fourth-order valence-corrected chi connectivity index (χ4v) is 4.14. The predicted molar refractivity (Wildman–Crippen MR) is 67.5 cm³/mol. The van der Waals surface area contributed by atoms with Gasteiger partial charge in [0, 0.05) is 0 Å². The third kappa shape index (κ3) is 3.20. The summed E-state index contributed by atoms with van der Waals surface area (Å²) in [6.07, 6.45) is 3.19. The molecule has 2 unspecified atom stereocenters. The van der Waals surface area contributed by atoms with Crippen LogP contribution in [-0.4, -0.2) is 36.4 Å². The van der Waals surface area contributed by atoms with Gasteiger partial charge in [0.25, 0.3) is 0 Å². The van der Waals surface area contributed by atoms with Gasteiger partial charge < -0.3 is 9.84 Å². The lowest BCUT2D eigenvalue weighted by atomic mass is 10.1. The van der Waals surface area contributed by atoms with Crippen LogP contribution < -0.4 is 0 Å². The molecule has 0 bridgehead atoms. The van der Waals surface area contributed by atoms with Crippen molar-refractivity contribution in [1.29, 1.82) is 0 Å². The lowest BCUT2D eigenvalue weighted by Crippen LogP contribution is -2.51. The van der Waals surface area contributed by atoms with Gasteiger partial charge >= 0.3 is 0 Å². The van der Waals surface area contributed by atoms with Gasteiger partial charge in [-0.2, -0.15) is 0 Å². The second kappa shape index (κ2) is 5.67. The van der Waals surface area contributed by atoms with Gasteiger partial charge in [0.05, 0.1) is 18.0 Å². The van der Waals surface area contributed by atoms with E-state index in [2.05, 4.69) is 6.92 Å². The largest absolute Gasteiger partial charge is 0.392 e. The molecule has 1 heterocycles. The highest BCUT2D eigenvalue weighted by Gasteiger charge is 2.47. The molecule has 0 amide bonds. The first-order valence-corrected chi connectivity index (χ1v) is 7.93. The Morgan fingerprint density at radius 3 is 2.65 bits per heavy atom. The minimum absolute atomic E-state index is 0.402. The highest BCUT2D eigenvalue weighted by molar-refractivity contribution is 7.93. The average molecular weight is 264 g/mol. The molecule has 1 saturated heterocycles. The third-order valence-corrected chi connectivity index (χ3v) is 6.30. The van der Waals surface area contributed by atoms with E-state index in [1.54, 1.807) is 13.8 Å². The molecule has 1 rings (SSSR count). The minimum atomic E-state index is -3.41. The Bertz CT molecular complexity index is 334. The maximum Gasteiger partial charge on any atom is 0.184 e. The van der Waals surface area contributed by atoms with Gasteiger partial charge in [0.1, 0.15) is 0 Å². The maximum atomic E-state index is 12.2. The summed E-state index contributed by atoms with van der Waals surface area (Å²) in [7, 11) is -3.41. The Morgan fingerprint density at radius 2 is 2.06 bits per heavy atom. The van der Waals surface area contributed by atoms with E-state index in [-0.39, 0.29) is 0 Å². The summed E-state index contributed by atoms with van der Waals surface area (Å²) >= 11 is 0. The normalized spacial score (nSPS) is 28.8. The highest BCUT2D eigenvalue weighted by atomic mass is 32.2. The number of unbranched alkanes of at least 4 members (excludes halogenated alkanes) is 2. The van der Waals surface area contributed by atoms with Crippen molar-refractivity contribution in [3.8, 4) is 0 Å². The molecule has 5 heteroatoms. The average Bonchev–Trinajstić information content (AvgIpc) is 2.22. The van der Waals surface area contributed by atoms with Crippen LogP contribution in [0.5, 0.6) is 0 Å². The summed E-state index contributed by atoms with van der Waals surface area (Å²) in [6.45, 7) is 5.61. The van der Waals surface area contributed by atoms with Crippen LogP contribution in [0.1, 0.15) is 52.9 Å². The summed E-state index contributed by atoms with van der Waals surface area (Å²) in [5, 5.41) is 9.37. The SMILES string of the molecule is CCCCCC(O)C1CCOC(C)(C)S1(=O)=O. The molecule has 1 N–H and O–H groups in total. The van der Waals surface area contributed by atoms with E-state index in [0.717, 1.165) is 19.3 Å². The van der Waals surface area contributed by atoms with Crippen LogP contribution in [0.4, 0.5) is 0 Å². The molecule has 2 atom stereocenters. The van der Waals surface area contributed by atoms with Crippen LogP contribution in [-0.2, 0) is 14.6 Å². The smallest absolute Gasteiger partial charge is 0.184 e. The Kier molecular flexibility index (Phi) is 4.98. The first-order valence-electron chi connectivity index (χ1n) is 6.38. The van der Waals surface area contributed by atoms with E-state index in [0.29, 0.717) is 19.4 Å². The van der Waals surface area contributed by atoms with Crippen LogP contribution in [0.25, 0.3) is 0 Å². The van der Waals surface area contributed by atoms with Crippen molar-refractivity contribution in [1.82, 2.24) is 0 Å². The molecule has 1 fully saturated rings. The van der Waals surface area contributed by atoms with E-state index in [4.69, 9.17) is 4.74 Å². The fraction of sp³-hybridized carbons (Fsp3) is 1.00. The number of sulfone groups is 1. The van der Waals surface area contributed by atoms with Crippen molar-refractivity contribution in [3.05, 3.63) is 0 Å². The number of rotatable bonds is 5. The predicted octanol–water partition coefficient (Wildman–Crippen LogP) is 1.87. The van der Waals surface area contributed by atoms with Gasteiger partial charge in [-0.3, -0.25) is 0 Å². The summed E-state index contributed by atoms with van der Waals surface area (Å²) < 4.78 is 29.7. The zero-order valence-electron chi connectivity index (χ0n) is 11.0. The molecule has 0 saturated carbocycles. The second-order valence-corrected chi connectivity index (χ2v) is 7.86. The molecule has 1 aliphatic rings. The molecule has 0 radical (unpaired) electrons. The lowest BCUT2D eigenvalue weighted by molar-refractivity contribution is 0.0162. The quantitative estimate of drug-likeness (QED) is 0.770. The molecular weight excluding hydrogens is 240 g/mol. The Hall–Kier alpha value is -0.130. The van der Waals surface area contributed by atoms with E-state index in [1.807, 2.05) is 0 Å². The van der Waals surface area contributed by atoms with Gasteiger partial charge in [-0.1, -0.05) is 26.2 Å². The maximum absolute atomic E-state index is 12.2. The van der Waals surface area contributed by atoms with E-state index >= 15 is 0 Å². The van der Waals surface area contributed by atoms with E-state index in [9.17, 15) is 13.5 Å². The number of aliphatic hydroxyl groups excluding tert-OH is 1. The molecule has 0 aromatic carbocycles. The summed E-state index contributed by atoms with van der Waals surface area (Å²) in [5.41, 5.74) is 0. The number of hydrogen-bond donors (Lipinski definition) is 1. The van der Waals surface area contributed by atoms with Gasteiger partial charge in [0.15, 0.2) is 14.8 Å². The van der Waals surface area contributed by atoms with Crippen LogP contribution >= 0.6 is 0 Å². The number of hydrogen-bond acceptors (Lipinski definition) is 4. The van der Waals surface area contributed by atoms with Crippen LogP contribution in [0.15, 0.2) is 0 Å². The van der Waals surface area contributed by atoms with Crippen molar-refractivity contribution in [2.75, 3.05) is 6.61 Å². The van der Waals surface area contributed by atoms with Crippen molar-refractivity contribution in [2.45, 2.75) is 69.2 Å². The third-order valence-electron chi connectivity index (χ3n) is 3.47. The molecule has 0 aromatic heterocycles. The van der Waals surface area contributed by atoms with Gasteiger partial charge in [-0.05, 0) is 26.7 Å². The first-order chi connectivity index (χ1) is 7.83. The van der Waals surface area contributed by atoms with Gasteiger partial charge in [0.2, 0.25) is 0 Å². The number of aliphatic hydroxyl groups is 1. The highest BCUT2D eigenvalue weighted by Crippen LogP contribution is 2.32. The van der Waals surface area contributed by atoms with Crippen molar-refractivity contribution < 1.29 is 18.3 Å². The molecule has 102 valence electrons. The van der Waals surface area contributed by atoms with Crippen LogP contribution in [0.2, 0.25) is 0 Å². The Labute approximate surface area is 104 Å². The van der Waals surface area contributed by atoms with Crippen LogP contribution in [0, 0.1) is 0 Å². The van der Waals surface area contributed by atoms with Crippen molar-refractivity contribution in [2.24, 2.45) is 0 Å². The summed E-state index contributed by atoms with van der Waals surface area (Å²) in [6, 6.07) is 0. The molecule has 1 aliphatic heterocycles. The van der Waals surface area contributed by atoms with E-state index < -0.39 is 26.1 Å². The Balaban J connectivity index is 2.69. The molecule has 4 nitrogen and oxygen atoms in total. The summed E-state index contributed by atoms with van der Waals surface area (Å²) in [5.74, 6) is 0. The fourth-order valence-electron chi connectivity index (χ4n) is 2.21. The molecular formula is C12H24O4S. The molecule has 0 aliphatic carbocycles. The van der Waals surface area contributed by atoms with Crippen molar-refractivity contribution >= 4 is 9.84 Å². The van der Waals surface area contributed by atoms with Gasteiger partial charge in [-0.25, -0.2) is 8.42 Å². The molecule has 0 spiro atoms. The molecule has 0 aromatic rings. The topological polar surface area (TPSA) is 63.6 Å². The Morgan fingerprint density at radius 1 is 1.41 bits per heavy atom. The van der Waals surface area contributed by atoms with Crippen LogP contribution in [0.3, 0.4) is 0 Å². The summed E-state index contributed by atoms with van der Waals surface area (Å²) in [4.78, 5) is -1.17. The minimum Gasteiger partial charge on any atom is -0.392 e. The monoisotopic (exact) mass is 264 g/mol. The zero-order valence-corrected chi connectivity index (χ0v) is 11.8. The number of ether oxygens (including phenoxy) is 1. The zero-order chi connectivity index (χ0) is 13.1. The van der Waals surface area contributed by atoms with Gasteiger partial charge in [-0.15, -0.1) is 0 Å².